The topological polar surface area (TPSA) is 23.8 Å². The quantitative estimate of drug-likeness (QED) is 0.535. The zero-order chi connectivity index (χ0) is 18.4. The van der Waals surface area contributed by atoms with Gasteiger partial charge in [0.25, 0.3) is 0 Å². The first-order valence-electron chi connectivity index (χ1n) is 9.59. The summed E-state index contributed by atoms with van der Waals surface area (Å²) in [4.78, 5) is 0. The van der Waals surface area contributed by atoms with Crippen molar-refractivity contribution in [3.8, 4) is 17.2 Å². The van der Waals surface area contributed by atoms with Crippen molar-refractivity contribution < 1.29 is 4.39 Å². The number of aryl methyl sites for hydroxylation is 1. The van der Waals surface area contributed by atoms with Crippen LogP contribution in [0.2, 0.25) is 0 Å². The highest BCUT2D eigenvalue weighted by Gasteiger charge is 2.19. The fourth-order valence-electron chi connectivity index (χ4n) is 4.01. The summed E-state index contributed by atoms with van der Waals surface area (Å²) in [5.41, 5.74) is 3.24. The summed E-state index contributed by atoms with van der Waals surface area (Å²) in [5.74, 6) is 1.25. The van der Waals surface area contributed by atoms with Crippen LogP contribution in [0.5, 0.6) is 0 Å². The molecule has 0 aliphatic heterocycles. The molecule has 0 bridgehead atoms. The van der Waals surface area contributed by atoms with E-state index in [1.54, 1.807) is 12.1 Å². The van der Waals surface area contributed by atoms with Gasteiger partial charge in [0.05, 0.1) is 5.56 Å². The molecule has 1 saturated carbocycles. The molecule has 0 heterocycles. The van der Waals surface area contributed by atoms with Gasteiger partial charge in [-0.3, -0.25) is 0 Å². The number of allylic oxidation sites excluding steroid dienone is 1. The molecule has 0 spiro atoms. The van der Waals surface area contributed by atoms with Crippen molar-refractivity contribution in [1.29, 1.82) is 5.26 Å². The van der Waals surface area contributed by atoms with E-state index < -0.39 is 5.82 Å². The Morgan fingerprint density at radius 2 is 1.65 bits per heavy atom. The largest absolute Gasteiger partial charge is 0.206 e. The molecule has 2 heteroatoms. The van der Waals surface area contributed by atoms with Gasteiger partial charge in [-0.2, -0.15) is 5.26 Å². The zero-order valence-electron chi connectivity index (χ0n) is 15.3. The molecule has 0 N–H and O–H groups in total. The molecule has 1 nitrogen and oxygen atoms in total. The van der Waals surface area contributed by atoms with Crippen LogP contribution in [0.15, 0.2) is 55.1 Å². The molecule has 0 amide bonds. The molecule has 1 aliphatic rings. The summed E-state index contributed by atoms with van der Waals surface area (Å²) in [6.07, 6.45) is 11.0. The second-order valence-corrected chi connectivity index (χ2v) is 7.45. The maximum atomic E-state index is 13.8. The average Bonchev–Trinajstić information content (AvgIpc) is 2.68. The first-order valence-corrected chi connectivity index (χ1v) is 9.59. The maximum absolute atomic E-state index is 13.8. The van der Waals surface area contributed by atoms with E-state index in [9.17, 15) is 4.39 Å². The van der Waals surface area contributed by atoms with E-state index in [1.807, 2.05) is 6.07 Å². The minimum atomic E-state index is -0.457. The standard InChI is InChI=1S/C24H26FN/c1-2-3-18-4-6-19(7-5-18)8-9-20-10-12-21(13-11-20)22-14-15-23(17-26)24(25)16-22/h2,10-16,18-19H,1,3-9H2/t18-,19-. The van der Waals surface area contributed by atoms with Gasteiger partial charge in [-0.25, -0.2) is 4.39 Å². The Bertz CT molecular complexity index is 777. The fraction of sp³-hybridized carbons (Fsp3) is 0.375. The highest BCUT2D eigenvalue weighted by atomic mass is 19.1. The van der Waals surface area contributed by atoms with Gasteiger partial charge in [0, 0.05) is 0 Å². The predicted molar refractivity (Wildman–Crippen MR) is 105 cm³/mol. The smallest absolute Gasteiger partial charge is 0.141 e. The van der Waals surface area contributed by atoms with E-state index in [0.717, 1.165) is 29.4 Å². The lowest BCUT2D eigenvalue weighted by atomic mass is 9.78. The number of nitriles is 1. The van der Waals surface area contributed by atoms with Crippen LogP contribution in [0.1, 0.15) is 49.7 Å². The number of rotatable bonds is 6. The molecule has 1 aliphatic carbocycles. The molecule has 0 radical (unpaired) electrons. The SMILES string of the molecule is C=CC[C@H]1CC[C@H](CCc2ccc(-c3ccc(C#N)c(F)c3)cc2)CC1. The van der Waals surface area contributed by atoms with Gasteiger partial charge in [-0.15, -0.1) is 6.58 Å². The first kappa shape index (κ1) is 18.4. The molecule has 0 unspecified atom stereocenters. The monoisotopic (exact) mass is 347 g/mol. The molecule has 0 aromatic heterocycles. The number of nitrogens with zero attached hydrogens (tertiary/aromatic N) is 1. The van der Waals surface area contributed by atoms with E-state index in [2.05, 4.69) is 36.9 Å². The first-order chi connectivity index (χ1) is 12.7. The van der Waals surface area contributed by atoms with Crippen LogP contribution in [0.25, 0.3) is 11.1 Å². The van der Waals surface area contributed by atoms with Gasteiger partial charge >= 0.3 is 0 Å². The molecule has 134 valence electrons. The van der Waals surface area contributed by atoms with Crippen molar-refractivity contribution in [3.63, 3.8) is 0 Å². The molecule has 3 rings (SSSR count). The van der Waals surface area contributed by atoms with Crippen molar-refractivity contribution in [2.75, 3.05) is 0 Å². The van der Waals surface area contributed by atoms with E-state index in [-0.39, 0.29) is 5.56 Å². The normalized spacial score (nSPS) is 19.7. The van der Waals surface area contributed by atoms with Gasteiger partial charge in [-0.1, -0.05) is 49.2 Å². The number of hydrogen-bond donors (Lipinski definition) is 0. The van der Waals surface area contributed by atoms with E-state index in [0.29, 0.717) is 0 Å². The van der Waals surface area contributed by atoms with Crippen LogP contribution in [0.3, 0.4) is 0 Å². The molecule has 2 aromatic rings. The maximum Gasteiger partial charge on any atom is 0.141 e. The van der Waals surface area contributed by atoms with Crippen LogP contribution in [-0.4, -0.2) is 0 Å². The number of halogens is 1. The molecule has 26 heavy (non-hydrogen) atoms. The van der Waals surface area contributed by atoms with Crippen LogP contribution in [0, 0.1) is 29.0 Å². The van der Waals surface area contributed by atoms with E-state index in [4.69, 9.17) is 5.26 Å². The molecular formula is C24H26FN. The van der Waals surface area contributed by atoms with Crippen molar-refractivity contribution in [1.82, 2.24) is 0 Å². The Balaban J connectivity index is 1.54. The molecule has 0 atom stereocenters. The summed E-state index contributed by atoms with van der Waals surface area (Å²) in [7, 11) is 0. The van der Waals surface area contributed by atoms with E-state index in [1.165, 1.54) is 50.2 Å². The van der Waals surface area contributed by atoms with Crippen molar-refractivity contribution in [2.45, 2.75) is 44.9 Å². The third-order valence-corrected chi connectivity index (χ3v) is 5.68. The second kappa shape index (κ2) is 8.81. The lowest BCUT2D eigenvalue weighted by Crippen LogP contribution is -2.14. The van der Waals surface area contributed by atoms with Crippen molar-refractivity contribution in [2.24, 2.45) is 11.8 Å². The summed E-state index contributed by atoms with van der Waals surface area (Å²) in [5, 5.41) is 8.83. The summed E-state index contributed by atoms with van der Waals surface area (Å²) >= 11 is 0. The Labute approximate surface area is 156 Å². The highest BCUT2D eigenvalue weighted by molar-refractivity contribution is 5.64. The summed E-state index contributed by atoms with van der Waals surface area (Å²) in [6.45, 7) is 3.86. The van der Waals surface area contributed by atoms with Gasteiger partial charge in [-0.05, 0) is 72.8 Å². The van der Waals surface area contributed by atoms with Crippen LogP contribution in [0.4, 0.5) is 4.39 Å². The number of hydrogen-bond acceptors (Lipinski definition) is 1. The van der Waals surface area contributed by atoms with Crippen LogP contribution >= 0.6 is 0 Å². The Morgan fingerprint density at radius 1 is 1.00 bits per heavy atom. The third-order valence-electron chi connectivity index (χ3n) is 5.68. The minimum absolute atomic E-state index is 0.0909. The van der Waals surface area contributed by atoms with Crippen LogP contribution in [-0.2, 0) is 6.42 Å². The lowest BCUT2D eigenvalue weighted by Gasteiger charge is -2.27. The Hall–Kier alpha value is -2.40. The van der Waals surface area contributed by atoms with Crippen molar-refractivity contribution in [3.05, 3.63) is 72.1 Å². The molecule has 2 aromatic carbocycles. The minimum Gasteiger partial charge on any atom is -0.206 e. The molecule has 1 fully saturated rings. The van der Waals surface area contributed by atoms with Gasteiger partial charge in [0.2, 0.25) is 0 Å². The Morgan fingerprint density at radius 3 is 2.27 bits per heavy atom. The van der Waals surface area contributed by atoms with Gasteiger partial charge in [0.15, 0.2) is 0 Å². The number of benzene rings is 2. The molecule has 0 saturated heterocycles. The van der Waals surface area contributed by atoms with Crippen LogP contribution < -0.4 is 0 Å². The van der Waals surface area contributed by atoms with Gasteiger partial charge in [0.1, 0.15) is 11.9 Å². The zero-order valence-corrected chi connectivity index (χ0v) is 15.3. The third kappa shape index (κ3) is 4.61. The summed E-state index contributed by atoms with van der Waals surface area (Å²) in [6, 6.07) is 15.0. The Kier molecular flexibility index (Phi) is 6.23. The van der Waals surface area contributed by atoms with E-state index >= 15 is 0 Å². The predicted octanol–water partition coefficient (Wildman–Crippen LogP) is 6.68. The second-order valence-electron chi connectivity index (χ2n) is 7.45. The average molecular weight is 347 g/mol. The van der Waals surface area contributed by atoms with Gasteiger partial charge < -0.3 is 0 Å². The summed E-state index contributed by atoms with van der Waals surface area (Å²) < 4.78 is 13.8. The lowest BCUT2D eigenvalue weighted by molar-refractivity contribution is 0.265. The highest BCUT2D eigenvalue weighted by Crippen LogP contribution is 2.33. The van der Waals surface area contributed by atoms with Crippen molar-refractivity contribution >= 4 is 0 Å². The molecular weight excluding hydrogens is 321 g/mol. The fourth-order valence-corrected chi connectivity index (χ4v) is 4.01.